The summed E-state index contributed by atoms with van der Waals surface area (Å²) in [5.41, 5.74) is 0. The van der Waals surface area contributed by atoms with E-state index in [1.807, 2.05) is 0 Å². The summed E-state index contributed by atoms with van der Waals surface area (Å²) in [6.07, 6.45) is 4.22. The maximum atomic E-state index is 8.97. The van der Waals surface area contributed by atoms with Crippen LogP contribution in [0.1, 0.15) is 19.3 Å². The van der Waals surface area contributed by atoms with E-state index < -0.39 is 10.3 Å². The van der Waals surface area contributed by atoms with E-state index in [-0.39, 0.29) is 0 Å². The van der Waals surface area contributed by atoms with Crippen molar-refractivity contribution >= 4 is 10.3 Å². The molecule has 1 saturated heterocycles. The normalized spacial score (nSPS) is 18.4. The first-order chi connectivity index (χ1) is 5.00. The maximum Gasteiger partial charge on any atom is 0.330 e. The molecule has 68 valence electrons. The zero-order valence-electron chi connectivity index (χ0n) is 6.28. The zero-order valence-corrected chi connectivity index (χ0v) is 7.10. The van der Waals surface area contributed by atoms with Crippen molar-refractivity contribution in [1.82, 2.24) is 5.32 Å². The van der Waals surface area contributed by atoms with Crippen molar-refractivity contribution in [3.63, 3.8) is 0 Å². The lowest BCUT2D eigenvalue weighted by molar-refractivity contribution is 0.485. The quantitative estimate of drug-likeness (QED) is 0.441. The molecular weight excluding hydrogens is 168 g/mol. The van der Waals surface area contributed by atoms with Crippen molar-refractivity contribution in [3.05, 3.63) is 0 Å². The van der Waals surface area contributed by atoms with Gasteiger partial charge < -0.3 is 5.32 Å². The monoisotopic (exact) mass is 182 g/mol. The Bertz CT molecular complexity index is 155. The van der Waals surface area contributed by atoms with Crippen molar-refractivity contribution < 1.29 is 13.0 Å². The third-order valence-electron chi connectivity index (χ3n) is 1.21. The predicted molar refractivity (Wildman–Crippen MR) is 42.5 cm³/mol. The molecule has 0 bridgehead atoms. The first-order valence-electron chi connectivity index (χ1n) is 3.46. The van der Waals surface area contributed by atoms with E-state index in [2.05, 4.69) is 10.5 Å². The molecule has 1 heterocycles. The molecule has 1 aliphatic rings. The van der Waals surface area contributed by atoms with Crippen LogP contribution in [0, 0.1) is 0 Å². The Labute approximate surface area is 66.9 Å². The number of rotatable bonds is 0. The van der Waals surface area contributed by atoms with E-state index in [0.717, 1.165) is 0 Å². The van der Waals surface area contributed by atoms with Gasteiger partial charge in [-0.25, -0.2) is 5.14 Å². The van der Waals surface area contributed by atoms with Gasteiger partial charge in [0.15, 0.2) is 0 Å². The van der Waals surface area contributed by atoms with Gasteiger partial charge in [0.05, 0.1) is 0 Å². The van der Waals surface area contributed by atoms with Crippen LogP contribution < -0.4 is 10.5 Å². The Morgan fingerprint density at radius 3 is 1.64 bits per heavy atom. The lowest BCUT2D eigenvalue weighted by Crippen LogP contribution is -2.21. The number of nitrogens with one attached hydrogen (secondary N) is 1. The Balaban J connectivity index is 0.000000187. The highest BCUT2D eigenvalue weighted by molar-refractivity contribution is 7.83. The molecule has 0 amide bonds. The molecule has 0 aromatic rings. The average Bonchev–Trinajstić information content (AvgIpc) is 1.88. The van der Waals surface area contributed by atoms with Crippen molar-refractivity contribution in [2.45, 2.75) is 19.3 Å². The molecule has 0 unspecified atom stereocenters. The Morgan fingerprint density at radius 2 is 1.55 bits per heavy atom. The van der Waals surface area contributed by atoms with E-state index in [4.69, 9.17) is 13.0 Å². The molecule has 0 atom stereocenters. The fraction of sp³-hybridized carbons (Fsp3) is 1.00. The van der Waals surface area contributed by atoms with Crippen LogP contribution in [-0.2, 0) is 10.3 Å². The van der Waals surface area contributed by atoms with Gasteiger partial charge in [0.2, 0.25) is 0 Å². The van der Waals surface area contributed by atoms with Crippen molar-refractivity contribution in [2.75, 3.05) is 13.1 Å². The highest BCUT2D eigenvalue weighted by atomic mass is 32.2. The summed E-state index contributed by atoms with van der Waals surface area (Å²) in [4.78, 5) is 0. The standard InChI is InChI=1S/C5H11N.H3NO3S/c1-2-4-6-5-3-1;1-5(2,3)4/h6H,1-5H2;(H3,1,2,3,4). The zero-order chi connectivity index (χ0) is 8.74. The van der Waals surface area contributed by atoms with Crippen LogP contribution in [0.3, 0.4) is 0 Å². The molecule has 0 aromatic carbocycles. The molecule has 6 heteroatoms. The predicted octanol–water partition coefficient (Wildman–Crippen LogP) is -0.492. The highest BCUT2D eigenvalue weighted by Crippen LogP contribution is 1.96. The number of hydrogen-bond donors (Lipinski definition) is 3. The minimum atomic E-state index is -4.17. The van der Waals surface area contributed by atoms with Crippen LogP contribution in [0.2, 0.25) is 0 Å². The summed E-state index contributed by atoms with van der Waals surface area (Å²) in [7, 11) is -4.17. The molecule has 0 aromatic heterocycles. The molecule has 1 aliphatic heterocycles. The van der Waals surface area contributed by atoms with E-state index in [9.17, 15) is 0 Å². The molecule has 5 nitrogen and oxygen atoms in total. The maximum absolute atomic E-state index is 8.97. The largest absolute Gasteiger partial charge is 0.330 e. The Hall–Kier alpha value is -0.170. The van der Waals surface area contributed by atoms with Gasteiger partial charge in [0.1, 0.15) is 0 Å². The van der Waals surface area contributed by atoms with E-state index in [0.29, 0.717) is 0 Å². The Kier molecular flexibility index (Phi) is 5.39. The summed E-state index contributed by atoms with van der Waals surface area (Å²) >= 11 is 0. The van der Waals surface area contributed by atoms with Crippen LogP contribution >= 0.6 is 0 Å². The van der Waals surface area contributed by atoms with E-state index in [1.54, 1.807) is 0 Å². The summed E-state index contributed by atoms with van der Waals surface area (Å²) in [6, 6.07) is 0. The first kappa shape index (κ1) is 10.8. The first-order valence-corrected chi connectivity index (χ1v) is 4.96. The second-order valence-corrected chi connectivity index (χ2v) is 3.36. The lowest BCUT2D eigenvalue weighted by Gasteiger charge is -2.08. The number of nitrogens with two attached hydrogens (primary N) is 1. The third-order valence-corrected chi connectivity index (χ3v) is 1.21. The van der Waals surface area contributed by atoms with Gasteiger partial charge in [-0.1, -0.05) is 6.42 Å². The molecule has 0 spiro atoms. The topological polar surface area (TPSA) is 92.4 Å². The Morgan fingerprint density at radius 1 is 1.18 bits per heavy atom. The molecule has 0 aliphatic carbocycles. The minimum Gasteiger partial charge on any atom is -0.317 e. The second kappa shape index (κ2) is 5.48. The molecular formula is C5H14N2O3S. The molecule has 0 radical (unpaired) electrons. The van der Waals surface area contributed by atoms with Gasteiger partial charge in [0, 0.05) is 0 Å². The fourth-order valence-corrected chi connectivity index (χ4v) is 0.802. The minimum absolute atomic E-state index is 1.25. The van der Waals surface area contributed by atoms with Gasteiger partial charge in [-0.2, -0.15) is 8.42 Å². The molecule has 0 saturated carbocycles. The van der Waals surface area contributed by atoms with Crippen LogP contribution in [0.15, 0.2) is 0 Å². The number of piperidine rings is 1. The smallest absolute Gasteiger partial charge is 0.317 e. The van der Waals surface area contributed by atoms with Gasteiger partial charge in [-0.3, -0.25) is 4.55 Å². The molecule has 11 heavy (non-hydrogen) atoms. The summed E-state index contributed by atoms with van der Waals surface area (Å²) < 4.78 is 25.2. The fourth-order valence-electron chi connectivity index (χ4n) is 0.802. The van der Waals surface area contributed by atoms with Gasteiger partial charge >= 0.3 is 10.3 Å². The third kappa shape index (κ3) is 17.7. The van der Waals surface area contributed by atoms with Crippen LogP contribution in [0.5, 0.6) is 0 Å². The van der Waals surface area contributed by atoms with E-state index >= 15 is 0 Å². The summed E-state index contributed by atoms with van der Waals surface area (Å²) in [5, 5.41) is 7.17. The van der Waals surface area contributed by atoms with Crippen LogP contribution in [-0.4, -0.2) is 26.1 Å². The van der Waals surface area contributed by atoms with Crippen LogP contribution in [0.4, 0.5) is 0 Å². The molecule has 1 fully saturated rings. The highest BCUT2D eigenvalue weighted by Gasteiger charge is 1.93. The van der Waals surface area contributed by atoms with Crippen molar-refractivity contribution in [2.24, 2.45) is 5.14 Å². The van der Waals surface area contributed by atoms with Crippen LogP contribution in [0.25, 0.3) is 0 Å². The number of hydrogen-bond acceptors (Lipinski definition) is 3. The SMILES string of the molecule is C1CCNCC1.NS(=O)(=O)O. The van der Waals surface area contributed by atoms with Gasteiger partial charge in [-0.05, 0) is 25.9 Å². The van der Waals surface area contributed by atoms with E-state index in [1.165, 1.54) is 32.4 Å². The summed E-state index contributed by atoms with van der Waals surface area (Å²) in [6.45, 7) is 2.50. The summed E-state index contributed by atoms with van der Waals surface area (Å²) in [5.74, 6) is 0. The van der Waals surface area contributed by atoms with Crippen molar-refractivity contribution in [1.29, 1.82) is 0 Å². The second-order valence-electron chi connectivity index (χ2n) is 2.33. The van der Waals surface area contributed by atoms with Gasteiger partial charge in [0.25, 0.3) is 0 Å². The average molecular weight is 182 g/mol. The molecule has 1 rings (SSSR count). The van der Waals surface area contributed by atoms with Crippen molar-refractivity contribution in [3.8, 4) is 0 Å². The lowest BCUT2D eigenvalue weighted by atomic mass is 10.2. The molecule has 4 N–H and O–H groups in total. The van der Waals surface area contributed by atoms with Gasteiger partial charge in [-0.15, -0.1) is 0 Å².